The van der Waals surface area contributed by atoms with Crippen molar-refractivity contribution in [3.05, 3.63) is 35.4 Å². The van der Waals surface area contributed by atoms with E-state index in [0.29, 0.717) is 13.2 Å². The van der Waals surface area contributed by atoms with Crippen LogP contribution in [0.15, 0.2) is 24.3 Å². The van der Waals surface area contributed by atoms with Crippen molar-refractivity contribution in [3.63, 3.8) is 0 Å². The number of rotatable bonds is 1. The van der Waals surface area contributed by atoms with E-state index in [4.69, 9.17) is 4.74 Å². The predicted molar refractivity (Wildman–Crippen MR) is 53.9 cm³/mol. The van der Waals surface area contributed by atoms with E-state index in [1.807, 2.05) is 31.2 Å². The van der Waals surface area contributed by atoms with Crippen LogP contribution in [0, 0.1) is 18.3 Å². The second kappa shape index (κ2) is 3.43. The van der Waals surface area contributed by atoms with E-state index >= 15 is 0 Å². The standard InChI is InChI=1S/C12H13NO/c1-10-4-2-3-5-11(10)12(8-13)6-7-14-9-12/h2-5H,6-7,9H2,1H3/t12-/m0/s1. The maximum absolute atomic E-state index is 9.26. The van der Waals surface area contributed by atoms with Gasteiger partial charge in [0, 0.05) is 6.61 Å². The Morgan fingerprint density at radius 1 is 1.43 bits per heavy atom. The lowest BCUT2D eigenvalue weighted by Gasteiger charge is -2.20. The van der Waals surface area contributed by atoms with Crippen LogP contribution in [0.1, 0.15) is 17.5 Å². The molecule has 0 aliphatic carbocycles. The van der Waals surface area contributed by atoms with Gasteiger partial charge in [-0.15, -0.1) is 0 Å². The number of hydrogen-bond donors (Lipinski definition) is 0. The van der Waals surface area contributed by atoms with Crippen LogP contribution in [0.2, 0.25) is 0 Å². The number of nitrogens with zero attached hydrogens (tertiary/aromatic N) is 1. The van der Waals surface area contributed by atoms with Crippen LogP contribution in [0.5, 0.6) is 0 Å². The van der Waals surface area contributed by atoms with Crippen LogP contribution in [-0.4, -0.2) is 13.2 Å². The van der Waals surface area contributed by atoms with Gasteiger partial charge in [0.15, 0.2) is 0 Å². The molecule has 14 heavy (non-hydrogen) atoms. The molecule has 1 aliphatic heterocycles. The van der Waals surface area contributed by atoms with E-state index in [-0.39, 0.29) is 0 Å². The first-order chi connectivity index (χ1) is 6.78. The Balaban J connectivity index is 2.47. The largest absolute Gasteiger partial charge is 0.379 e. The summed E-state index contributed by atoms with van der Waals surface area (Å²) in [6, 6.07) is 10.5. The summed E-state index contributed by atoms with van der Waals surface area (Å²) >= 11 is 0. The second-order valence-electron chi connectivity index (χ2n) is 3.81. The fraction of sp³-hybridized carbons (Fsp3) is 0.417. The highest BCUT2D eigenvalue weighted by atomic mass is 16.5. The fourth-order valence-corrected chi connectivity index (χ4v) is 2.04. The van der Waals surface area contributed by atoms with E-state index in [9.17, 15) is 5.26 Å². The van der Waals surface area contributed by atoms with Gasteiger partial charge in [-0.2, -0.15) is 5.26 Å². The third kappa shape index (κ3) is 1.30. The second-order valence-corrected chi connectivity index (χ2v) is 3.81. The highest BCUT2D eigenvalue weighted by molar-refractivity contribution is 5.39. The van der Waals surface area contributed by atoms with Gasteiger partial charge >= 0.3 is 0 Å². The smallest absolute Gasteiger partial charge is 0.108 e. The van der Waals surface area contributed by atoms with Gasteiger partial charge in [-0.1, -0.05) is 24.3 Å². The monoisotopic (exact) mass is 187 g/mol. The number of benzene rings is 1. The lowest BCUT2D eigenvalue weighted by atomic mass is 9.79. The maximum atomic E-state index is 9.26. The Bertz CT molecular complexity index is 372. The molecule has 1 heterocycles. The predicted octanol–water partition coefficient (Wildman–Crippen LogP) is 2.18. The SMILES string of the molecule is Cc1ccccc1[C@]1(C#N)CCOC1. The van der Waals surface area contributed by atoms with E-state index in [1.165, 1.54) is 5.56 Å². The Hall–Kier alpha value is -1.33. The third-order valence-corrected chi connectivity index (χ3v) is 2.90. The molecular weight excluding hydrogens is 174 g/mol. The van der Waals surface area contributed by atoms with Crippen molar-refractivity contribution in [1.82, 2.24) is 0 Å². The van der Waals surface area contributed by atoms with Gasteiger partial charge in [0.1, 0.15) is 5.41 Å². The van der Waals surface area contributed by atoms with E-state index in [0.717, 1.165) is 12.0 Å². The van der Waals surface area contributed by atoms with Gasteiger partial charge in [-0.25, -0.2) is 0 Å². The molecule has 72 valence electrons. The van der Waals surface area contributed by atoms with Crippen LogP contribution in [0.3, 0.4) is 0 Å². The lowest BCUT2D eigenvalue weighted by Crippen LogP contribution is -2.25. The minimum Gasteiger partial charge on any atom is -0.379 e. The third-order valence-electron chi connectivity index (χ3n) is 2.90. The van der Waals surface area contributed by atoms with Crippen LogP contribution in [-0.2, 0) is 10.2 Å². The fourth-order valence-electron chi connectivity index (χ4n) is 2.04. The normalized spacial score (nSPS) is 26.0. The van der Waals surface area contributed by atoms with Crippen LogP contribution < -0.4 is 0 Å². The zero-order chi connectivity index (χ0) is 10.0. The molecule has 0 bridgehead atoms. The van der Waals surface area contributed by atoms with Gasteiger partial charge in [-0.3, -0.25) is 0 Å². The van der Waals surface area contributed by atoms with Crippen LogP contribution in [0.25, 0.3) is 0 Å². The van der Waals surface area contributed by atoms with E-state index in [2.05, 4.69) is 6.07 Å². The van der Waals surface area contributed by atoms with Gasteiger partial charge < -0.3 is 4.74 Å². The van der Waals surface area contributed by atoms with Gasteiger partial charge in [0.25, 0.3) is 0 Å². The minimum absolute atomic E-state index is 0.397. The topological polar surface area (TPSA) is 33.0 Å². The summed E-state index contributed by atoms with van der Waals surface area (Å²) in [6.07, 6.45) is 0.814. The van der Waals surface area contributed by atoms with Crippen molar-refractivity contribution in [2.24, 2.45) is 0 Å². The molecular formula is C12H13NO. The first kappa shape index (κ1) is 9.23. The van der Waals surface area contributed by atoms with Crippen molar-refractivity contribution >= 4 is 0 Å². The summed E-state index contributed by atoms with van der Waals surface area (Å²) in [4.78, 5) is 0. The molecule has 0 aromatic heterocycles. The van der Waals surface area contributed by atoms with Crippen molar-refractivity contribution in [2.75, 3.05) is 13.2 Å². The highest BCUT2D eigenvalue weighted by Crippen LogP contribution is 2.34. The average Bonchev–Trinajstić information content (AvgIpc) is 2.68. The zero-order valence-electron chi connectivity index (χ0n) is 8.29. The molecule has 0 saturated carbocycles. The molecule has 0 amide bonds. The Labute approximate surface area is 84.1 Å². The van der Waals surface area contributed by atoms with Crippen LogP contribution >= 0.6 is 0 Å². The van der Waals surface area contributed by atoms with Crippen LogP contribution in [0.4, 0.5) is 0 Å². The summed E-state index contributed by atoms with van der Waals surface area (Å²) in [7, 11) is 0. The molecule has 2 heteroatoms. The number of hydrogen-bond acceptors (Lipinski definition) is 2. The van der Waals surface area contributed by atoms with E-state index < -0.39 is 5.41 Å². The molecule has 1 saturated heterocycles. The maximum Gasteiger partial charge on any atom is 0.108 e. The summed E-state index contributed by atoms with van der Waals surface area (Å²) < 4.78 is 5.34. The molecule has 1 aliphatic rings. The van der Waals surface area contributed by atoms with Gasteiger partial charge in [0.05, 0.1) is 12.7 Å². The molecule has 1 atom stereocenters. The van der Waals surface area contributed by atoms with Gasteiger partial charge in [0.2, 0.25) is 0 Å². The molecule has 2 rings (SSSR count). The van der Waals surface area contributed by atoms with E-state index in [1.54, 1.807) is 0 Å². The summed E-state index contributed by atoms with van der Waals surface area (Å²) in [5.74, 6) is 0. The Morgan fingerprint density at radius 3 is 2.79 bits per heavy atom. The van der Waals surface area contributed by atoms with Crippen molar-refractivity contribution in [3.8, 4) is 6.07 Å². The van der Waals surface area contributed by atoms with Crippen molar-refractivity contribution < 1.29 is 4.74 Å². The van der Waals surface area contributed by atoms with Crippen molar-refractivity contribution in [1.29, 1.82) is 5.26 Å². The average molecular weight is 187 g/mol. The molecule has 1 aromatic carbocycles. The summed E-state index contributed by atoms with van der Waals surface area (Å²) in [5.41, 5.74) is 1.91. The molecule has 0 spiro atoms. The Morgan fingerprint density at radius 2 is 2.21 bits per heavy atom. The van der Waals surface area contributed by atoms with Crippen molar-refractivity contribution in [2.45, 2.75) is 18.8 Å². The molecule has 1 fully saturated rings. The highest BCUT2D eigenvalue weighted by Gasteiger charge is 2.37. The summed E-state index contributed by atoms with van der Waals surface area (Å²) in [5, 5.41) is 9.26. The zero-order valence-corrected chi connectivity index (χ0v) is 8.29. The molecule has 0 unspecified atom stereocenters. The van der Waals surface area contributed by atoms with Gasteiger partial charge in [-0.05, 0) is 24.5 Å². The Kier molecular flexibility index (Phi) is 2.26. The first-order valence-electron chi connectivity index (χ1n) is 4.84. The number of ether oxygens (including phenoxy) is 1. The molecule has 0 N–H and O–H groups in total. The number of nitriles is 1. The minimum atomic E-state index is -0.397. The number of aryl methyl sites for hydroxylation is 1. The molecule has 1 aromatic rings. The lowest BCUT2D eigenvalue weighted by molar-refractivity contribution is 0.186. The quantitative estimate of drug-likeness (QED) is 0.675. The summed E-state index contributed by atoms with van der Waals surface area (Å²) in [6.45, 7) is 3.28. The molecule has 2 nitrogen and oxygen atoms in total. The first-order valence-corrected chi connectivity index (χ1v) is 4.84. The molecule has 0 radical (unpaired) electrons.